The minimum atomic E-state index is -4.20. The van der Waals surface area contributed by atoms with Gasteiger partial charge in [-0.05, 0) is 67.2 Å². The molecular weight excluding hydrogens is 523 g/mol. The average molecular weight is 545 g/mol. The number of hydrogen-bond donors (Lipinski definition) is 2. The van der Waals surface area contributed by atoms with Crippen molar-refractivity contribution in [2.45, 2.75) is 16.3 Å². The quantitative estimate of drug-likeness (QED) is 0.254. The van der Waals surface area contributed by atoms with Gasteiger partial charge in [0, 0.05) is 25.1 Å². The van der Waals surface area contributed by atoms with Crippen molar-refractivity contribution in [2.75, 3.05) is 7.05 Å². The zero-order valence-corrected chi connectivity index (χ0v) is 21.0. The highest BCUT2D eigenvalue weighted by atomic mass is 32.2. The van der Waals surface area contributed by atoms with Gasteiger partial charge in [0.15, 0.2) is 0 Å². The van der Waals surface area contributed by atoms with Crippen LogP contribution in [0.15, 0.2) is 89.0 Å². The molecule has 4 aromatic rings. The number of nitrogens with zero attached hydrogens (tertiary/aromatic N) is 2. The van der Waals surface area contributed by atoms with Gasteiger partial charge in [-0.2, -0.15) is 0 Å². The largest absolute Gasteiger partial charge is 0.422 e. The van der Waals surface area contributed by atoms with Gasteiger partial charge < -0.3 is 10.1 Å². The van der Waals surface area contributed by atoms with Crippen molar-refractivity contribution in [1.29, 1.82) is 0 Å². The molecule has 0 fully saturated rings. The highest BCUT2D eigenvalue weighted by Crippen LogP contribution is 2.36. The van der Waals surface area contributed by atoms with E-state index >= 15 is 4.39 Å². The molecule has 37 heavy (non-hydrogen) atoms. The van der Waals surface area contributed by atoms with E-state index < -0.39 is 31.8 Å². The number of carbonyl (C=O) groups is 1. The first-order chi connectivity index (χ1) is 17.5. The van der Waals surface area contributed by atoms with Crippen LogP contribution in [0.25, 0.3) is 11.3 Å². The fourth-order valence-electron chi connectivity index (χ4n) is 3.57. The van der Waals surface area contributed by atoms with Crippen LogP contribution >= 0.6 is 0 Å². The SMILES string of the molecule is CNCc1cc(-c2c(F)cccc2OC(=O)c2ccc(S(N)(=O)=O)cc2)n(S(=O)(=O)c2cccnc2)c1. The first-order valence-electron chi connectivity index (χ1n) is 10.7. The second-order valence-corrected chi connectivity index (χ2v) is 11.2. The van der Waals surface area contributed by atoms with E-state index in [2.05, 4.69) is 10.3 Å². The number of nitrogens with one attached hydrogen (secondary N) is 1. The number of esters is 1. The van der Waals surface area contributed by atoms with E-state index in [9.17, 15) is 21.6 Å². The molecule has 2 aromatic carbocycles. The summed E-state index contributed by atoms with van der Waals surface area (Å²) >= 11 is 0. The van der Waals surface area contributed by atoms with E-state index in [4.69, 9.17) is 9.88 Å². The minimum Gasteiger partial charge on any atom is -0.422 e. The predicted molar refractivity (Wildman–Crippen MR) is 132 cm³/mol. The maximum Gasteiger partial charge on any atom is 0.343 e. The topological polar surface area (TPSA) is 150 Å². The third-order valence-corrected chi connectivity index (χ3v) is 7.85. The van der Waals surface area contributed by atoms with Crippen LogP contribution in [0.1, 0.15) is 15.9 Å². The van der Waals surface area contributed by atoms with Crippen LogP contribution in [0.3, 0.4) is 0 Å². The molecule has 0 aliphatic carbocycles. The zero-order chi connectivity index (χ0) is 26.8. The van der Waals surface area contributed by atoms with Crippen LogP contribution in [-0.4, -0.2) is 38.8 Å². The van der Waals surface area contributed by atoms with Crippen LogP contribution in [0.4, 0.5) is 4.39 Å². The van der Waals surface area contributed by atoms with Crippen LogP contribution in [-0.2, 0) is 26.6 Å². The molecule has 2 heterocycles. The molecule has 0 saturated carbocycles. The Labute approximate surface area is 212 Å². The molecular formula is C24H21FN4O6S2. The molecule has 0 amide bonds. The third-order valence-electron chi connectivity index (χ3n) is 5.27. The van der Waals surface area contributed by atoms with Crippen molar-refractivity contribution in [3.63, 3.8) is 0 Å². The summed E-state index contributed by atoms with van der Waals surface area (Å²) in [5.41, 5.74) is 0.173. The molecule has 0 saturated heterocycles. The lowest BCUT2D eigenvalue weighted by Crippen LogP contribution is -2.15. The molecule has 0 spiro atoms. The fraction of sp³-hybridized carbons (Fsp3) is 0.0833. The number of aromatic nitrogens is 2. The summed E-state index contributed by atoms with van der Waals surface area (Å²) in [4.78, 5) is 16.3. The monoisotopic (exact) mass is 544 g/mol. The van der Waals surface area contributed by atoms with Gasteiger partial charge in [0.2, 0.25) is 10.0 Å². The van der Waals surface area contributed by atoms with E-state index in [1.54, 1.807) is 7.05 Å². The Morgan fingerprint density at radius 3 is 2.41 bits per heavy atom. The van der Waals surface area contributed by atoms with Crippen molar-refractivity contribution >= 4 is 26.0 Å². The summed E-state index contributed by atoms with van der Waals surface area (Å²) < 4.78 is 71.4. The van der Waals surface area contributed by atoms with Gasteiger partial charge >= 0.3 is 5.97 Å². The molecule has 0 radical (unpaired) electrons. The van der Waals surface area contributed by atoms with E-state index in [0.29, 0.717) is 5.56 Å². The molecule has 2 aromatic heterocycles. The van der Waals surface area contributed by atoms with Crippen molar-refractivity contribution in [3.05, 3.63) is 96.2 Å². The molecule has 0 bridgehead atoms. The average Bonchev–Trinajstić information content (AvgIpc) is 3.28. The summed E-state index contributed by atoms with van der Waals surface area (Å²) in [7, 11) is -6.49. The molecule has 0 unspecified atom stereocenters. The van der Waals surface area contributed by atoms with E-state index in [-0.39, 0.29) is 38.9 Å². The maximum atomic E-state index is 15.2. The van der Waals surface area contributed by atoms with Crippen molar-refractivity contribution in [3.8, 4) is 17.0 Å². The molecule has 4 rings (SSSR count). The Balaban J connectivity index is 1.80. The molecule has 13 heteroatoms. The minimum absolute atomic E-state index is 0.0307. The van der Waals surface area contributed by atoms with E-state index in [1.165, 1.54) is 61.1 Å². The number of hydrogen-bond acceptors (Lipinski definition) is 8. The first kappa shape index (κ1) is 26.2. The van der Waals surface area contributed by atoms with Crippen LogP contribution in [0, 0.1) is 5.82 Å². The zero-order valence-electron chi connectivity index (χ0n) is 19.3. The molecule has 0 atom stereocenters. The van der Waals surface area contributed by atoms with Crippen LogP contribution in [0.5, 0.6) is 5.75 Å². The van der Waals surface area contributed by atoms with Gasteiger partial charge in [-0.1, -0.05) is 6.07 Å². The number of benzene rings is 2. The maximum absolute atomic E-state index is 15.2. The standard InChI is InChI=1S/C24H21FN4O6S2/c1-27-13-16-12-21(29(15-16)37(33,34)19-4-3-11-28-14-19)23-20(25)5-2-6-22(23)35-24(30)17-7-9-18(10-8-17)36(26,31)32/h2-12,14-15,27H,13H2,1H3,(H2,26,31,32). The number of pyridine rings is 1. The number of primary sulfonamides is 1. The Morgan fingerprint density at radius 1 is 1.05 bits per heavy atom. The van der Waals surface area contributed by atoms with Gasteiger partial charge in [-0.15, -0.1) is 0 Å². The summed E-state index contributed by atoms with van der Waals surface area (Å²) in [6.07, 6.45) is 3.94. The van der Waals surface area contributed by atoms with Gasteiger partial charge in [0.25, 0.3) is 10.0 Å². The van der Waals surface area contributed by atoms with Gasteiger partial charge in [0.05, 0.1) is 21.7 Å². The number of ether oxygens (including phenoxy) is 1. The summed E-state index contributed by atoms with van der Waals surface area (Å²) in [5, 5.41) is 7.99. The molecule has 0 aliphatic heterocycles. The van der Waals surface area contributed by atoms with Gasteiger partial charge in [-0.3, -0.25) is 4.98 Å². The fourth-order valence-corrected chi connectivity index (χ4v) is 5.43. The predicted octanol–water partition coefficient (Wildman–Crippen LogP) is 2.51. The summed E-state index contributed by atoms with van der Waals surface area (Å²) in [6.45, 7) is 0.280. The Kier molecular flexibility index (Phi) is 7.23. The smallest absolute Gasteiger partial charge is 0.343 e. The second kappa shape index (κ2) is 10.2. The Bertz CT molecular complexity index is 1670. The van der Waals surface area contributed by atoms with Crippen molar-refractivity contribution in [1.82, 2.24) is 14.3 Å². The first-order valence-corrected chi connectivity index (χ1v) is 13.7. The normalized spacial score (nSPS) is 11.9. The lowest BCUT2D eigenvalue weighted by atomic mass is 10.1. The number of halogens is 1. The highest BCUT2D eigenvalue weighted by molar-refractivity contribution is 7.90. The lowest BCUT2D eigenvalue weighted by Gasteiger charge is -2.14. The van der Waals surface area contributed by atoms with Crippen molar-refractivity contribution in [2.24, 2.45) is 5.14 Å². The summed E-state index contributed by atoms with van der Waals surface area (Å²) in [6, 6.07) is 12.7. The molecule has 192 valence electrons. The van der Waals surface area contributed by atoms with Gasteiger partial charge in [-0.25, -0.2) is 35.1 Å². The van der Waals surface area contributed by atoms with Crippen LogP contribution in [0.2, 0.25) is 0 Å². The van der Waals surface area contributed by atoms with Crippen LogP contribution < -0.4 is 15.2 Å². The van der Waals surface area contributed by atoms with E-state index in [0.717, 1.165) is 22.2 Å². The van der Waals surface area contributed by atoms with E-state index in [1.807, 2.05) is 0 Å². The third kappa shape index (κ3) is 5.44. The summed E-state index contributed by atoms with van der Waals surface area (Å²) in [5.74, 6) is -1.99. The molecule has 0 aliphatic rings. The Morgan fingerprint density at radius 2 is 1.78 bits per heavy atom. The number of sulfonamides is 1. The second-order valence-electron chi connectivity index (χ2n) is 7.83. The highest BCUT2D eigenvalue weighted by Gasteiger charge is 2.26. The Hall–Kier alpha value is -3.91. The number of rotatable bonds is 8. The number of carbonyl (C=O) groups excluding carboxylic acids is 1. The molecule has 3 N–H and O–H groups in total. The number of nitrogens with two attached hydrogens (primary N) is 1. The van der Waals surface area contributed by atoms with Gasteiger partial charge in [0.1, 0.15) is 16.5 Å². The van der Waals surface area contributed by atoms with Crippen molar-refractivity contribution < 1.29 is 30.8 Å². The molecule has 10 nitrogen and oxygen atoms in total. The lowest BCUT2D eigenvalue weighted by molar-refractivity contribution is 0.0735.